The molecule has 0 aliphatic carbocycles. The highest BCUT2D eigenvalue weighted by Gasteiger charge is 2.10. The lowest BCUT2D eigenvalue weighted by molar-refractivity contribution is -0.159. The molecule has 0 radical (unpaired) electrons. The molecule has 0 rings (SSSR count). The van der Waals surface area contributed by atoms with Gasteiger partial charge in [0.05, 0.1) is 0 Å². The Morgan fingerprint density at radius 1 is 0.750 bits per heavy atom. The molecule has 0 unspecified atom stereocenters. The first-order valence-corrected chi connectivity index (χ1v) is 6.07. The van der Waals surface area contributed by atoms with Crippen LogP contribution in [-0.2, 0) is 28.7 Å². The molecule has 4 N–H and O–H groups in total. The zero-order valence-electron chi connectivity index (χ0n) is 11.0. The normalized spacial score (nSPS) is 10.3. The predicted molar refractivity (Wildman–Crippen MR) is 67.9 cm³/mol. The van der Waals surface area contributed by atoms with Gasteiger partial charge < -0.3 is 20.9 Å². The number of carbonyl (C=O) groups excluding carboxylic acids is 4. The minimum absolute atomic E-state index is 0.0120. The molecule has 0 aromatic heterocycles. The number of hydrogen-bond acceptors (Lipinski definition) is 8. The molecule has 20 heavy (non-hydrogen) atoms. The molecule has 0 fully saturated rings. The highest BCUT2D eigenvalue weighted by molar-refractivity contribution is 5.98. The summed E-state index contributed by atoms with van der Waals surface area (Å²) in [6, 6.07) is 0. The van der Waals surface area contributed by atoms with Crippen LogP contribution in [0.2, 0.25) is 0 Å². The predicted octanol–water partition coefficient (Wildman–Crippen LogP) is -0.840. The largest absolute Gasteiger partial charge is 0.390 e. The van der Waals surface area contributed by atoms with Gasteiger partial charge in [0.1, 0.15) is 0 Å². The second-order valence-corrected chi connectivity index (χ2v) is 3.70. The van der Waals surface area contributed by atoms with E-state index in [1.807, 2.05) is 0 Å². The third kappa shape index (κ3) is 9.92. The van der Waals surface area contributed by atoms with Crippen LogP contribution < -0.4 is 11.5 Å². The van der Waals surface area contributed by atoms with Crippen molar-refractivity contribution >= 4 is 23.9 Å². The van der Waals surface area contributed by atoms with Gasteiger partial charge in [-0.1, -0.05) is 0 Å². The van der Waals surface area contributed by atoms with E-state index >= 15 is 0 Å². The zero-order chi connectivity index (χ0) is 15.4. The van der Waals surface area contributed by atoms with Crippen molar-refractivity contribution < 1.29 is 28.7 Å². The van der Waals surface area contributed by atoms with Crippen LogP contribution in [0.3, 0.4) is 0 Å². The molecule has 0 aliphatic rings. The lowest BCUT2D eigenvalue weighted by atomic mass is 10.3. The van der Waals surface area contributed by atoms with Gasteiger partial charge in [0, 0.05) is 25.0 Å². The van der Waals surface area contributed by atoms with Crippen molar-refractivity contribution in [2.75, 3.05) is 13.1 Å². The van der Waals surface area contributed by atoms with Gasteiger partial charge in [-0.15, -0.1) is 0 Å². The highest BCUT2D eigenvalue weighted by atomic mass is 16.6. The Morgan fingerprint density at radius 3 is 1.40 bits per heavy atom. The van der Waals surface area contributed by atoms with E-state index in [0.717, 1.165) is 0 Å². The van der Waals surface area contributed by atoms with E-state index in [4.69, 9.17) is 11.5 Å². The summed E-state index contributed by atoms with van der Waals surface area (Å²) in [5.74, 6) is -3.51. The Bertz CT molecular complexity index is 355. The molecular weight excluding hydrogens is 268 g/mol. The molecular formula is C12H18N2O6. The Labute approximate surface area is 116 Å². The van der Waals surface area contributed by atoms with Gasteiger partial charge in [-0.25, -0.2) is 9.59 Å². The standard InChI is InChI=1S/C12H18N2O6/c13-7-1-3-9(15)19-11(17)5-6-12(18)20-10(16)4-2-8-14/h5-6H,1-4,7-8,13-14H2/b6-5+. The van der Waals surface area contributed by atoms with Crippen LogP contribution in [-0.4, -0.2) is 37.0 Å². The van der Waals surface area contributed by atoms with Gasteiger partial charge in [-0.3, -0.25) is 9.59 Å². The maximum atomic E-state index is 11.1. The van der Waals surface area contributed by atoms with Crippen molar-refractivity contribution in [1.29, 1.82) is 0 Å². The van der Waals surface area contributed by atoms with Gasteiger partial charge in [0.25, 0.3) is 0 Å². The number of rotatable bonds is 8. The molecule has 8 nitrogen and oxygen atoms in total. The highest BCUT2D eigenvalue weighted by Crippen LogP contribution is 1.95. The summed E-state index contributed by atoms with van der Waals surface area (Å²) >= 11 is 0. The molecule has 0 bridgehead atoms. The molecule has 0 spiro atoms. The molecule has 0 aromatic carbocycles. The fraction of sp³-hybridized carbons (Fsp3) is 0.500. The smallest absolute Gasteiger partial charge is 0.338 e. The van der Waals surface area contributed by atoms with Crippen LogP contribution in [0, 0.1) is 0 Å². The van der Waals surface area contributed by atoms with Crippen molar-refractivity contribution in [2.24, 2.45) is 11.5 Å². The first-order chi connectivity index (χ1) is 9.49. The van der Waals surface area contributed by atoms with Crippen molar-refractivity contribution in [3.8, 4) is 0 Å². The van der Waals surface area contributed by atoms with E-state index in [9.17, 15) is 19.2 Å². The van der Waals surface area contributed by atoms with Crippen molar-refractivity contribution in [2.45, 2.75) is 25.7 Å². The van der Waals surface area contributed by atoms with Crippen LogP contribution >= 0.6 is 0 Å². The second kappa shape index (κ2) is 10.8. The average molecular weight is 286 g/mol. The number of ether oxygens (including phenoxy) is 2. The lowest BCUT2D eigenvalue weighted by Gasteiger charge is -1.99. The zero-order valence-corrected chi connectivity index (χ0v) is 11.0. The first-order valence-electron chi connectivity index (χ1n) is 6.07. The second-order valence-electron chi connectivity index (χ2n) is 3.70. The van der Waals surface area contributed by atoms with E-state index in [-0.39, 0.29) is 12.8 Å². The minimum atomic E-state index is -1.02. The molecule has 0 aromatic rings. The summed E-state index contributed by atoms with van der Waals surface area (Å²) in [5.41, 5.74) is 10.4. The van der Waals surface area contributed by atoms with Gasteiger partial charge in [-0.05, 0) is 25.9 Å². The average Bonchev–Trinajstić information content (AvgIpc) is 2.40. The molecule has 0 saturated carbocycles. The molecule has 0 aliphatic heterocycles. The van der Waals surface area contributed by atoms with Crippen LogP contribution in [0.1, 0.15) is 25.7 Å². The summed E-state index contributed by atoms with van der Waals surface area (Å²) < 4.78 is 8.69. The monoisotopic (exact) mass is 286 g/mol. The Hall–Kier alpha value is -2.06. The molecule has 0 atom stereocenters. The molecule has 8 heteroatoms. The Kier molecular flexibility index (Phi) is 9.71. The summed E-state index contributed by atoms with van der Waals surface area (Å²) in [7, 11) is 0. The lowest BCUT2D eigenvalue weighted by Crippen LogP contribution is -2.14. The topological polar surface area (TPSA) is 139 Å². The van der Waals surface area contributed by atoms with Crippen molar-refractivity contribution in [1.82, 2.24) is 0 Å². The fourth-order valence-electron chi connectivity index (χ4n) is 1.02. The third-order valence-corrected chi connectivity index (χ3v) is 1.95. The van der Waals surface area contributed by atoms with Crippen molar-refractivity contribution in [3.63, 3.8) is 0 Å². The molecule has 0 saturated heterocycles. The van der Waals surface area contributed by atoms with Gasteiger partial charge in [-0.2, -0.15) is 0 Å². The van der Waals surface area contributed by atoms with E-state index in [0.29, 0.717) is 38.1 Å². The molecule has 112 valence electrons. The number of carbonyl (C=O) groups is 4. The van der Waals surface area contributed by atoms with Crippen LogP contribution in [0.5, 0.6) is 0 Å². The van der Waals surface area contributed by atoms with Gasteiger partial charge >= 0.3 is 23.9 Å². The maximum absolute atomic E-state index is 11.1. The van der Waals surface area contributed by atoms with E-state index in [1.54, 1.807) is 0 Å². The number of esters is 4. The minimum Gasteiger partial charge on any atom is -0.390 e. The Balaban J connectivity index is 4.02. The van der Waals surface area contributed by atoms with E-state index in [1.165, 1.54) is 0 Å². The first kappa shape index (κ1) is 17.9. The van der Waals surface area contributed by atoms with Crippen LogP contribution in [0.15, 0.2) is 12.2 Å². The SMILES string of the molecule is NCCCC(=O)OC(=O)/C=C/C(=O)OC(=O)CCCN. The van der Waals surface area contributed by atoms with E-state index < -0.39 is 23.9 Å². The number of nitrogens with two attached hydrogens (primary N) is 2. The molecule has 0 amide bonds. The van der Waals surface area contributed by atoms with Gasteiger partial charge in [0.2, 0.25) is 0 Å². The van der Waals surface area contributed by atoms with Crippen LogP contribution in [0.25, 0.3) is 0 Å². The summed E-state index contributed by atoms with van der Waals surface area (Å²) in [4.78, 5) is 44.3. The molecule has 0 heterocycles. The Morgan fingerprint density at radius 2 is 1.10 bits per heavy atom. The fourth-order valence-corrected chi connectivity index (χ4v) is 1.02. The van der Waals surface area contributed by atoms with Crippen molar-refractivity contribution in [3.05, 3.63) is 12.2 Å². The summed E-state index contributed by atoms with van der Waals surface area (Å²) in [6.45, 7) is 0.604. The summed E-state index contributed by atoms with van der Waals surface area (Å²) in [6.07, 6.45) is 2.23. The quantitative estimate of drug-likeness (QED) is 0.334. The summed E-state index contributed by atoms with van der Waals surface area (Å²) in [5, 5.41) is 0. The van der Waals surface area contributed by atoms with Gasteiger partial charge in [0.15, 0.2) is 0 Å². The number of hydrogen-bond donors (Lipinski definition) is 2. The van der Waals surface area contributed by atoms with Crippen LogP contribution in [0.4, 0.5) is 0 Å². The maximum Gasteiger partial charge on any atom is 0.338 e. The van der Waals surface area contributed by atoms with E-state index in [2.05, 4.69) is 9.47 Å². The third-order valence-electron chi connectivity index (χ3n) is 1.95.